The Morgan fingerprint density at radius 2 is 2.00 bits per heavy atom. The molecule has 0 aliphatic carbocycles. The van der Waals surface area contributed by atoms with Gasteiger partial charge in [0.15, 0.2) is 0 Å². The van der Waals surface area contributed by atoms with Gasteiger partial charge in [-0.05, 0) is 53.8 Å². The van der Waals surface area contributed by atoms with Gasteiger partial charge in [0.25, 0.3) is 5.91 Å². The van der Waals surface area contributed by atoms with Crippen molar-refractivity contribution in [3.05, 3.63) is 93.7 Å². The van der Waals surface area contributed by atoms with E-state index in [0.717, 1.165) is 11.1 Å². The van der Waals surface area contributed by atoms with Gasteiger partial charge in [-0.1, -0.05) is 24.3 Å². The van der Waals surface area contributed by atoms with Gasteiger partial charge < -0.3 is 4.74 Å². The zero-order chi connectivity index (χ0) is 20.9. The van der Waals surface area contributed by atoms with Crippen LogP contribution in [0, 0.1) is 12.7 Å². The summed E-state index contributed by atoms with van der Waals surface area (Å²) in [5, 5.41) is 8.89. The highest BCUT2D eigenvalue weighted by molar-refractivity contribution is 7.12. The van der Waals surface area contributed by atoms with Crippen LogP contribution in [-0.4, -0.2) is 20.7 Å². The predicted octanol–water partition coefficient (Wildman–Crippen LogP) is 4.67. The summed E-state index contributed by atoms with van der Waals surface area (Å²) in [5.41, 5.74) is 3.17. The third-order valence-corrected chi connectivity index (χ3v) is 5.43. The fraction of sp³-hybridized carbons (Fsp3) is 0.136. The standard InChI is InChI=1S/C22H19FN4O2S/c1-15-4-2-3-5-17(15)11-27-14-24-22(26-27)25-21(28)20-10-16(13-30-20)12-29-19-8-6-18(23)7-9-19/h2-10,13-14H,11-12H2,1H3,(H,25,26,28). The van der Waals surface area contributed by atoms with E-state index in [2.05, 4.69) is 15.4 Å². The van der Waals surface area contributed by atoms with Crippen LogP contribution in [0.2, 0.25) is 0 Å². The summed E-state index contributed by atoms with van der Waals surface area (Å²) in [6.45, 7) is 2.92. The first-order chi connectivity index (χ1) is 14.6. The number of aryl methyl sites for hydroxylation is 1. The van der Waals surface area contributed by atoms with Gasteiger partial charge in [0.05, 0.1) is 11.4 Å². The number of rotatable bonds is 7. The van der Waals surface area contributed by atoms with Crippen LogP contribution in [0.3, 0.4) is 0 Å². The average Bonchev–Trinajstić information content (AvgIpc) is 3.39. The first-order valence-electron chi connectivity index (χ1n) is 9.28. The molecular formula is C22H19FN4O2S. The molecule has 4 aromatic rings. The molecule has 152 valence electrons. The van der Waals surface area contributed by atoms with E-state index in [9.17, 15) is 9.18 Å². The molecule has 4 rings (SSSR count). The van der Waals surface area contributed by atoms with Crippen molar-refractivity contribution in [2.24, 2.45) is 0 Å². The molecule has 30 heavy (non-hydrogen) atoms. The molecule has 0 saturated heterocycles. The highest BCUT2D eigenvalue weighted by atomic mass is 32.1. The number of benzene rings is 2. The Balaban J connectivity index is 1.34. The van der Waals surface area contributed by atoms with Gasteiger partial charge in [-0.3, -0.25) is 10.1 Å². The minimum atomic E-state index is -0.313. The maximum atomic E-state index is 12.9. The average molecular weight is 422 g/mol. The van der Waals surface area contributed by atoms with Crippen molar-refractivity contribution in [1.82, 2.24) is 14.8 Å². The minimum absolute atomic E-state index is 0.256. The lowest BCUT2D eigenvalue weighted by Crippen LogP contribution is -2.12. The molecule has 0 saturated carbocycles. The van der Waals surface area contributed by atoms with E-state index in [4.69, 9.17) is 4.74 Å². The van der Waals surface area contributed by atoms with Crippen LogP contribution in [-0.2, 0) is 13.2 Å². The van der Waals surface area contributed by atoms with E-state index in [1.165, 1.54) is 29.0 Å². The van der Waals surface area contributed by atoms with Gasteiger partial charge in [0.2, 0.25) is 5.95 Å². The fourth-order valence-corrected chi connectivity index (χ4v) is 3.61. The number of aromatic nitrogens is 3. The fourth-order valence-electron chi connectivity index (χ4n) is 2.82. The molecular weight excluding hydrogens is 403 g/mol. The van der Waals surface area contributed by atoms with Gasteiger partial charge in [-0.15, -0.1) is 16.4 Å². The summed E-state index contributed by atoms with van der Waals surface area (Å²) in [7, 11) is 0. The molecule has 1 N–H and O–H groups in total. The highest BCUT2D eigenvalue weighted by Gasteiger charge is 2.13. The summed E-state index contributed by atoms with van der Waals surface area (Å²) < 4.78 is 20.2. The number of halogens is 1. The van der Waals surface area contributed by atoms with E-state index in [0.29, 0.717) is 23.8 Å². The topological polar surface area (TPSA) is 69.0 Å². The Morgan fingerprint density at radius 1 is 1.20 bits per heavy atom. The number of ether oxygens (including phenoxy) is 1. The second kappa shape index (κ2) is 8.87. The molecule has 0 radical (unpaired) electrons. The van der Waals surface area contributed by atoms with Crippen molar-refractivity contribution in [3.8, 4) is 5.75 Å². The van der Waals surface area contributed by atoms with Crippen LogP contribution in [0.4, 0.5) is 10.3 Å². The van der Waals surface area contributed by atoms with E-state index in [1.54, 1.807) is 29.2 Å². The zero-order valence-electron chi connectivity index (χ0n) is 16.2. The van der Waals surface area contributed by atoms with Gasteiger partial charge in [-0.25, -0.2) is 14.1 Å². The summed E-state index contributed by atoms with van der Waals surface area (Å²) in [6.07, 6.45) is 1.60. The second-order valence-corrected chi connectivity index (χ2v) is 7.62. The zero-order valence-corrected chi connectivity index (χ0v) is 17.0. The third kappa shape index (κ3) is 4.90. The Morgan fingerprint density at radius 3 is 2.80 bits per heavy atom. The molecule has 8 heteroatoms. The van der Waals surface area contributed by atoms with Crippen LogP contribution < -0.4 is 10.1 Å². The largest absolute Gasteiger partial charge is 0.489 e. The molecule has 2 aromatic heterocycles. The second-order valence-electron chi connectivity index (χ2n) is 6.71. The Bertz CT molecular complexity index is 1150. The number of hydrogen-bond donors (Lipinski definition) is 1. The predicted molar refractivity (Wildman–Crippen MR) is 113 cm³/mol. The van der Waals surface area contributed by atoms with Crippen LogP contribution >= 0.6 is 11.3 Å². The SMILES string of the molecule is Cc1ccccc1Cn1cnc(NC(=O)c2cc(COc3ccc(F)cc3)cs2)n1. The summed E-state index contributed by atoms with van der Waals surface area (Å²) in [5.74, 6) is 0.233. The molecule has 0 spiro atoms. The molecule has 0 aliphatic heterocycles. The quantitative estimate of drug-likeness (QED) is 0.470. The number of nitrogens with one attached hydrogen (secondary N) is 1. The monoisotopic (exact) mass is 422 g/mol. The Kier molecular flexibility index (Phi) is 5.85. The maximum Gasteiger partial charge on any atom is 0.268 e. The van der Waals surface area contributed by atoms with Gasteiger partial charge in [0, 0.05) is 5.56 Å². The Labute approximate surface area is 177 Å². The van der Waals surface area contributed by atoms with Crippen molar-refractivity contribution in [2.75, 3.05) is 5.32 Å². The smallest absolute Gasteiger partial charge is 0.268 e. The third-order valence-electron chi connectivity index (χ3n) is 4.45. The molecule has 0 aliphatic rings. The van der Waals surface area contributed by atoms with Crippen LogP contribution in [0.15, 0.2) is 66.3 Å². The number of anilines is 1. The summed E-state index contributed by atoms with van der Waals surface area (Å²) in [4.78, 5) is 17.2. The molecule has 0 atom stereocenters. The van der Waals surface area contributed by atoms with Crippen molar-refractivity contribution >= 4 is 23.2 Å². The molecule has 2 heterocycles. The van der Waals surface area contributed by atoms with Crippen molar-refractivity contribution in [3.63, 3.8) is 0 Å². The van der Waals surface area contributed by atoms with Gasteiger partial charge >= 0.3 is 0 Å². The molecule has 6 nitrogen and oxygen atoms in total. The van der Waals surface area contributed by atoms with Gasteiger partial charge in [-0.2, -0.15) is 0 Å². The van der Waals surface area contributed by atoms with Crippen molar-refractivity contribution in [2.45, 2.75) is 20.1 Å². The normalized spacial score (nSPS) is 10.7. The summed E-state index contributed by atoms with van der Waals surface area (Å²) in [6, 6.07) is 15.6. The molecule has 0 unspecified atom stereocenters. The van der Waals surface area contributed by atoms with Crippen LogP contribution in [0.25, 0.3) is 0 Å². The minimum Gasteiger partial charge on any atom is -0.489 e. The number of carbonyl (C=O) groups is 1. The number of nitrogens with zero attached hydrogens (tertiary/aromatic N) is 3. The van der Waals surface area contributed by atoms with E-state index < -0.39 is 0 Å². The van der Waals surface area contributed by atoms with Crippen LogP contribution in [0.1, 0.15) is 26.4 Å². The van der Waals surface area contributed by atoms with Crippen LogP contribution in [0.5, 0.6) is 5.75 Å². The lowest BCUT2D eigenvalue weighted by atomic mass is 10.1. The first-order valence-corrected chi connectivity index (χ1v) is 10.2. The molecule has 1 amide bonds. The number of hydrogen-bond acceptors (Lipinski definition) is 5. The van der Waals surface area contributed by atoms with E-state index in [-0.39, 0.29) is 17.7 Å². The van der Waals surface area contributed by atoms with Crippen molar-refractivity contribution < 1.29 is 13.9 Å². The highest BCUT2D eigenvalue weighted by Crippen LogP contribution is 2.19. The lowest BCUT2D eigenvalue weighted by Gasteiger charge is -2.04. The van der Waals surface area contributed by atoms with E-state index >= 15 is 0 Å². The number of amides is 1. The van der Waals surface area contributed by atoms with Gasteiger partial charge in [0.1, 0.15) is 24.5 Å². The molecule has 0 fully saturated rings. The first kappa shape index (κ1) is 19.8. The maximum absolute atomic E-state index is 12.9. The Hall–Kier alpha value is -3.52. The van der Waals surface area contributed by atoms with E-state index in [1.807, 2.05) is 36.6 Å². The molecule has 2 aromatic carbocycles. The number of thiophene rings is 1. The van der Waals surface area contributed by atoms with Crippen molar-refractivity contribution in [1.29, 1.82) is 0 Å². The number of carbonyl (C=O) groups excluding carboxylic acids is 1. The summed E-state index contributed by atoms with van der Waals surface area (Å²) >= 11 is 1.31. The molecule has 0 bridgehead atoms. The lowest BCUT2D eigenvalue weighted by molar-refractivity contribution is 0.102.